The van der Waals surface area contributed by atoms with Crippen molar-refractivity contribution in [2.75, 3.05) is 5.75 Å². The number of carbonyl (C=O) groups is 1. The molecule has 2 aliphatic heterocycles. The molecule has 1 aromatic carbocycles. The Bertz CT molecular complexity index is 996. The van der Waals surface area contributed by atoms with Crippen LogP contribution in [0.2, 0.25) is 5.02 Å². The number of fused-ring (bicyclic) bond motifs is 1. The second kappa shape index (κ2) is 5.47. The average molecular weight is 381 g/mol. The highest BCUT2D eigenvalue weighted by atomic mass is 35.5. The molecule has 1 aliphatic carbocycles. The standard InChI is InChI=1S/C16H13ClN2O5S/c17-9-2-1-8(7-12(9)19(21)22)14-15-10(3-4-13(15)20)18-11-5-6-25(23,24)16(11)14/h1-2,7,14-15H,3-6H2. The molecule has 2 unspecified atom stereocenters. The number of ketones is 1. The maximum Gasteiger partial charge on any atom is 0.288 e. The van der Waals surface area contributed by atoms with E-state index in [1.54, 1.807) is 6.07 Å². The van der Waals surface area contributed by atoms with Gasteiger partial charge >= 0.3 is 0 Å². The quantitative estimate of drug-likeness (QED) is 0.579. The number of sulfone groups is 1. The lowest BCUT2D eigenvalue weighted by atomic mass is 9.80. The average Bonchev–Trinajstić information content (AvgIpc) is 3.07. The molecular formula is C16H13ClN2O5S. The summed E-state index contributed by atoms with van der Waals surface area (Å²) >= 11 is 5.87. The Morgan fingerprint density at radius 1 is 1.20 bits per heavy atom. The second-order valence-corrected chi connectivity index (χ2v) is 8.86. The molecule has 1 saturated carbocycles. The number of carbonyl (C=O) groups excluding carboxylic acids is 1. The summed E-state index contributed by atoms with van der Waals surface area (Å²) in [7, 11) is -3.53. The lowest BCUT2D eigenvalue weighted by molar-refractivity contribution is -0.384. The number of nitro benzene ring substituents is 1. The molecule has 4 rings (SSSR count). The Morgan fingerprint density at radius 3 is 2.68 bits per heavy atom. The van der Waals surface area contributed by atoms with Crippen LogP contribution in [-0.4, -0.2) is 30.6 Å². The summed E-state index contributed by atoms with van der Waals surface area (Å²) in [6.07, 6.45) is 1.14. The Labute approximate surface area is 148 Å². The van der Waals surface area contributed by atoms with Gasteiger partial charge in [-0.3, -0.25) is 19.9 Å². The summed E-state index contributed by atoms with van der Waals surface area (Å²) < 4.78 is 25.1. The van der Waals surface area contributed by atoms with E-state index >= 15 is 0 Å². The van der Waals surface area contributed by atoms with Gasteiger partial charge in [-0.2, -0.15) is 0 Å². The van der Waals surface area contributed by atoms with E-state index in [1.165, 1.54) is 12.1 Å². The van der Waals surface area contributed by atoms with Crippen molar-refractivity contribution < 1.29 is 18.1 Å². The van der Waals surface area contributed by atoms with Crippen molar-refractivity contribution in [1.29, 1.82) is 0 Å². The molecule has 0 saturated heterocycles. The number of halogens is 1. The molecule has 0 amide bonds. The normalized spacial score (nSPS) is 27.1. The first-order valence-corrected chi connectivity index (χ1v) is 9.82. The minimum atomic E-state index is -3.53. The molecular weight excluding hydrogens is 368 g/mol. The van der Waals surface area contributed by atoms with Gasteiger partial charge in [0.2, 0.25) is 0 Å². The predicted molar refractivity (Wildman–Crippen MR) is 91.4 cm³/mol. The van der Waals surface area contributed by atoms with Crippen LogP contribution in [-0.2, 0) is 14.6 Å². The molecule has 1 fully saturated rings. The number of hydrogen-bond acceptors (Lipinski definition) is 6. The number of Topliss-reactive ketones (excluding diaryl/α,β-unsaturated/α-hetero) is 1. The molecule has 2 atom stereocenters. The van der Waals surface area contributed by atoms with Gasteiger partial charge in [0.25, 0.3) is 5.69 Å². The summed E-state index contributed by atoms with van der Waals surface area (Å²) in [6.45, 7) is 0. The van der Waals surface area contributed by atoms with Crippen LogP contribution in [0.25, 0.3) is 0 Å². The van der Waals surface area contributed by atoms with Gasteiger partial charge in [0.15, 0.2) is 9.84 Å². The van der Waals surface area contributed by atoms with E-state index in [9.17, 15) is 23.3 Å². The number of rotatable bonds is 2. The zero-order valence-corrected chi connectivity index (χ0v) is 14.5. The number of benzene rings is 1. The van der Waals surface area contributed by atoms with Crippen LogP contribution in [0.3, 0.4) is 0 Å². The van der Waals surface area contributed by atoms with Crippen molar-refractivity contribution >= 4 is 38.6 Å². The third-order valence-electron chi connectivity index (χ3n) is 4.98. The molecule has 3 aliphatic rings. The Morgan fingerprint density at radius 2 is 1.96 bits per heavy atom. The fourth-order valence-electron chi connectivity index (χ4n) is 3.91. The maximum absolute atomic E-state index is 12.6. The summed E-state index contributed by atoms with van der Waals surface area (Å²) in [5, 5.41) is 11.2. The van der Waals surface area contributed by atoms with E-state index in [4.69, 9.17) is 11.6 Å². The summed E-state index contributed by atoms with van der Waals surface area (Å²) in [5.41, 5.74) is 1.29. The van der Waals surface area contributed by atoms with Crippen molar-refractivity contribution in [2.24, 2.45) is 10.9 Å². The molecule has 130 valence electrons. The number of nitrogens with zero attached hydrogens (tertiary/aromatic N) is 2. The Kier molecular flexibility index (Phi) is 3.59. The van der Waals surface area contributed by atoms with E-state index in [0.717, 1.165) is 0 Å². The van der Waals surface area contributed by atoms with Crippen molar-refractivity contribution in [3.63, 3.8) is 0 Å². The van der Waals surface area contributed by atoms with Crippen molar-refractivity contribution in [1.82, 2.24) is 0 Å². The monoisotopic (exact) mass is 380 g/mol. The SMILES string of the molecule is O=C1CCC2=NC3=C(C(c4ccc(Cl)c([N+](=O)[O-])c4)C12)S(=O)(=O)CC3. The molecule has 9 heteroatoms. The number of nitro groups is 1. The molecule has 0 aromatic heterocycles. The molecule has 0 N–H and O–H groups in total. The first-order chi connectivity index (χ1) is 11.8. The zero-order chi connectivity index (χ0) is 17.9. The fraction of sp³-hybridized carbons (Fsp3) is 0.375. The van der Waals surface area contributed by atoms with Crippen LogP contribution in [0.4, 0.5) is 5.69 Å². The van der Waals surface area contributed by atoms with Crippen molar-refractivity contribution in [2.45, 2.75) is 25.2 Å². The number of aliphatic imine (C=N–C) groups is 1. The van der Waals surface area contributed by atoms with Gasteiger partial charge in [0.1, 0.15) is 10.8 Å². The summed E-state index contributed by atoms with van der Waals surface area (Å²) in [5.74, 6) is -1.52. The van der Waals surface area contributed by atoms with Gasteiger partial charge in [-0.05, 0) is 18.1 Å². The van der Waals surface area contributed by atoms with Gasteiger partial charge in [0.05, 0.1) is 27.2 Å². The molecule has 25 heavy (non-hydrogen) atoms. The molecule has 1 aromatic rings. The molecule has 2 heterocycles. The minimum absolute atomic E-state index is 0.0281. The minimum Gasteiger partial charge on any atom is -0.299 e. The van der Waals surface area contributed by atoms with Crippen LogP contribution in [0, 0.1) is 16.0 Å². The fourth-order valence-corrected chi connectivity index (χ4v) is 5.95. The van der Waals surface area contributed by atoms with Gasteiger partial charge in [0, 0.05) is 30.5 Å². The van der Waals surface area contributed by atoms with Gasteiger partial charge in [-0.1, -0.05) is 17.7 Å². The van der Waals surface area contributed by atoms with Gasteiger partial charge in [-0.15, -0.1) is 0 Å². The first-order valence-electron chi connectivity index (χ1n) is 7.79. The Hall–Kier alpha value is -2.06. The van der Waals surface area contributed by atoms with Gasteiger partial charge in [-0.25, -0.2) is 8.42 Å². The highest BCUT2D eigenvalue weighted by Crippen LogP contribution is 2.49. The highest BCUT2D eigenvalue weighted by Gasteiger charge is 2.49. The van der Waals surface area contributed by atoms with Crippen LogP contribution < -0.4 is 0 Å². The predicted octanol–water partition coefficient (Wildman–Crippen LogP) is 2.80. The lowest BCUT2D eigenvalue weighted by Gasteiger charge is -2.28. The second-order valence-electron chi connectivity index (χ2n) is 6.37. The molecule has 0 spiro atoms. The van der Waals surface area contributed by atoms with E-state index in [1.807, 2.05) is 0 Å². The smallest absolute Gasteiger partial charge is 0.288 e. The third kappa shape index (κ3) is 2.43. The van der Waals surface area contributed by atoms with Crippen LogP contribution in [0.1, 0.15) is 30.7 Å². The topological polar surface area (TPSA) is 107 Å². The first kappa shape index (κ1) is 16.4. The summed E-state index contributed by atoms with van der Waals surface area (Å²) in [6, 6.07) is 4.22. The number of allylic oxidation sites excluding steroid dienone is 2. The zero-order valence-electron chi connectivity index (χ0n) is 12.9. The van der Waals surface area contributed by atoms with Crippen molar-refractivity contribution in [3.8, 4) is 0 Å². The lowest BCUT2D eigenvalue weighted by Crippen LogP contribution is -2.30. The van der Waals surface area contributed by atoms with Crippen LogP contribution in [0.15, 0.2) is 33.8 Å². The molecule has 7 nitrogen and oxygen atoms in total. The van der Waals surface area contributed by atoms with E-state index < -0.39 is 26.6 Å². The Balaban J connectivity index is 1.95. The molecule has 0 bridgehead atoms. The highest BCUT2D eigenvalue weighted by molar-refractivity contribution is 7.95. The van der Waals surface area contributed by atoms with E-state index in [2.05, 4.69) is 4.99 Å². The van der Waals surface area contributed by atoms with Crippen LogP contribution in [0.5, 0.6) is 0 Å². The summed E-state index contributed by atoms with van der Waals surface area (Å²) in [4.78, 5) is 27.6. The van der Waals surface area contributed by atoms with E-state index in [-0.39, 0.29) is 27.2 Å². The van der Waals surface area contributed by atoms with E-state index in [0.29, 0.717) is 36.2 Å². The van der Waals surface area contributed by atoms with Crippen LogP contribution >= 0.6 is 11.6 Å². The largest absolute Gasteiger partial charge is 0.299 e. The maximum atomic E-state index is 12.6. The van der Waals surface area contributed by atoms with Crippen molar-refractivity contribution in [3.05, 3.63) is 49.5 Å². The van der Waals surface area contributed by atoms with Gasteiger partial charge < -0.3 is 0 Å². The third-order valence-corrected chi connectivity index (χ3v) is 7.20. The number of hydrogen-bond donors (Lipinski definition) is 0. The molecule has 0 radical (unpaired) electrons.